The Bertz CT molecular complexity index is 397. The van der Waals surface area contributed by atoms with Crippen LogP contribution in [0.4, 0.5) is 0 Å². The fourth-order valence-electron chi connectivity index (χ4n) is 2.14. The Kier molecular flexibility index (Phi) is 3.96. The van der Waals surface area contributed by atoms with Crippen LogP contribution in [0.15, 0.2) is 0 Å². The van der Waals surface area contributed by atoms with Crippen LogP contribution in [0.25, 0.3) is 0 Å². The number of rotatable bonds is 5. The molecule has 4 atom stereocenters. The third-order valence-electron chi connectivity index (χ3n) is 2.86. The molecule has 0 spiro atoms. The zero-order valence-corrected chi connectivity index (χ0v) is 10.1. The van der Waals surface area contributed by atoms with Gasteiger partial charge in [-0.1, -0.05) is 0 Å². The maximum atomic E-state index is 11.4. The molecule has 0 radical (unpaired) electrons. The van der Waals surface area contributed by atoms with Crippen molar-refractivity contribution in [3.8, 4) is 0 Å². The molecule has 2 heterocycles. The molecule has 2 rings (SSSR count). The normalized spacial score (nSPS) is 32.7. The predicted octanol–water partition coefficient (Wildman–Crippen LogP) is -0.748. The molecule has 2 saturated heterocycles. The van der Waals surface area contributed by atoms with Crippen molar-refractivity contribution in [3.05, 3.63) is 10.1 Å². The lowest BCUT2D eigenvalue weighted by Crippen LogP contribution is -2.36. The molecule has 0 unspecified atom stereocenters. The van der Waals surface area contributed by atoms with Crippen molar-refractivity contribution >= 4 is 11.8 Å². The van der Waals surface area contributed by atoms with Gasteiger partial charge in [-0.25, -0.2) is 0 Å². The number of hydrogen-bond donors (Lipinski definition) is 0. The maximum absolute atomic E-state index is 11.4. The lowest BCUT2D eigenvalue weighted by atomic mass is 10.1. The first-order chi connectivity index (χ1) is 8.97. The fraction of sp³-hybridized carbons (Fsp3) is 0.800. The number of ether oxygens (including phenoxy) is 3. The number of nitrogens with zero attached hydrogens (tertiary/aromatic N) is 1. The minimum Gasteiger partial charge on any atom is -0.457 e. The smallest absolute Gasteiger partial charge is 0.313 e. The van der Waals surface area contributed by atoms with Gasteiger partial charge in [-0.2, -0.15) is 0 Å². The second-order valence-electron chi connectivity index (χ2n) is 4.37. The number of carbonyl (C=O) groups is 2. The minimum absolute atomic E-state index is 0.00290. The van der Waals surface area contributed by atoms with Gasteiger partial charge in [0.25, 0.3) is 5.09 Å². The summed E-state index contributed by atoms with van der Waals surface area (Å²) in [5.74, 6) is -0.966. The Morgan fingerprint density at radius 3 is 2.42 bits per heavy atom. The van der Waals surface area contributed by atoms with Crippen molar-refractivity contribution in [2.75, 3.05) is 13.2 Å². The molecular weight excluding hydrogens is 262 g/mol. The van der Waals surface area contributed by atoms with E-state index in [0.29, 0.717) is 0 Å². The molecular formula is C10H13NO8. The van der Waals surface area contributed by atoms with Crippen LogP contribution in [-0.4, -0.2) is 54.5 Å². The van der Waals surface area contributed by atoms with E-state index in [1.54, 1.807) is 0 Å². The van der Waals surface area contributed by atoms with E-state index in [1.807, 2.05) is 0 Å². The van der Waals surface area contributed by atoms with Crippen LogP contribution < -0.4 is 0 Å². The molecule has 0 N–H and O–H groups in total. The van der Waals surface area contributed by atoms with Gasteiger partial charge in [0.1, 0.15) is 24.4 Å². The van der Waals surface area contributed by atoms with Gasteiger partial charge in [0.05, 0.1) is 13.2 Å². The highest BCUT2D eigenvalue weighted by Crippen LogP contribution is 2.30. The molecule has 0 saturated carbocycles. The Morgan fingerprint density at radius 2 is 1.84 bits per heavy atom. The van der Waals surface area contributed by atoms with E-state index in [0.717, 1.165) is 0 Å². The van der Waals surface area contributed by atoms with Crippen LogP contribution in [0.1, 0.15) is 13.3 Å². The lowest BCUT2D eigenvalue weighted by Gasteiger charge is -2.16. The molecule has 0 amide bonds. The minimum atomic E-state index is -0.908. The molecule has 0 aromatic heterocycles. The Balaban J connectivity index is 1.88. The summed E-state index contributed by atoms with van der Waals surface area (Å²) in [6.07, 6.45) is -3.04. The summed E-state index contributed by atoms with van der Waals surface area (Å²) in [5.41, 5.74) is 0. The maximum Gasteiger partial charge on any atom is 0.313 e. The highest BCUT2D eigenvalue weighted by molar-refractivity contribution is 5.94. The molecule has 106 valence electrons. The molecule has 9 heteroatoms. The third-order valence-corrected chi connectivity index (χ3v) is 2.86. The Labute approximate surface area is 107 Å². The van der Waals surface area contributed by atoms with Crippen LogP contribution in [0, 0.1) is 10.1 Å². The Hall–Kier alpha value is -1.74. The quantitative estimate of drug-likeness (QED) is 0.278. The van der Waals surface area contributed by atoms with E-state index in [-0.39, 0.29) is 25.4 Å². The topological polar surface area (TPSA) is 114 Å². The van der Waals surface area contributed by atoms with E-state index in [1.165, 1.54) is 6.92 Å². The Morgan fingerprint density at radius 1 is 1.26 bits per heavy atom. The van der Waals surface area contributed by atoms with Crippen LogP contribution in [-0.2, 0) is 28.6 Å². The number of esters is 1. The van der Waals surface area contributed by atoms with Crippen LogP contribution in [0.2, 0.25) is 0 Å². The summed E-state index contributed by atoms with van der Waals surface area (Å²) in [5, 5.41) is 9.37. The summed E-state index contributed by atoms with van der Waals surface area (Å²) in [7, 11) is 0. The number of carbonyl (C=O) groups excluding carboxylic acids is 2. The number of hydrogen-bond acceptors (Lipinski definition) is 8. The van der Waals surface area contributed by atoms with Crippen molar-refractivity contribution in [1.29, 1.82) is 0 Å². The first-order valence-electron chi connectivity index (χ1n) is 5.70. The molecule has 2 aliphatic heterocycles. The standard InChI is InChI=1S/C10H13NO8/c1-5(12)2-8(13)18-6-3-16-10-7(19-11(14)15)4-17-9(6)10/h6-7,9-10H,2-4H2,1H3/t6-,7+,9-,10-/m1/s1. The van der Waals surface area contributed by atoms with E-state index in [9.17, 15) is 19.7 Å². The molecule has 9 nitrogen and oxygen atoms in total. The van der Waals surface area contributed by atoms with Gasteiger partial charge in [-0.3, -0.25) is 9.59 Å². The summed E-state index contributed by atoms with van der Waals surface area (Å²) >= 11 is 0. The SMILES string of the molecule is CC(=O)CC(=O)O[C@@H]1CO[C@H]2[C@@H]1OC[C@@H]2O[N+](=O)[O-]. The second-order valence-corrected chi connectivity index (χ2v) is 4.37. The molecule has 2 aliphatic rings. The van der Waals surface area contributed by atoms with Crippen LogP contribution in [0.5, 0.6) is 0 Å². The zero-order chi connectivity index (χ0) is 14.0. The van der Waals surface area contributed by atoms with Crippen molar-refractivity contribution in [1.82, 2.24) is 0 Å². The number of ketones is 1. The van der Waals surface area contributed by atoms with Gasteiger partial charge >= 0.3 is 5.97 Å². The highest BCUT2D eigenvalue weighted by atomic mass is 17.0. The van der Waals surface area contributed by atoms with Gasteiger partial charge in [0.2, 0.25) is 0 Å². The summed E-state index contributed by atoms with van der Waals surface area (Å²) < 4.78 is 15.6. The largest absolute Gasteiger partial charge is 0.457 e. The molecule has 19 heavy (non-hydrogen) atoms. The summed E-state index contributed by atoms with van der Waals surface area (Å²) in [6.45, 7) is 1.34. The first kappa shape index (κ1) is 13.7. The second kappa shape index (κ2) is 5.49. The van der Waals surface area contributed by atoms with Crippen molar-refractivity contribution in [2.45, 2.75) is 37.8 Å². The molecule has 0 aromatic carbocycles. The van der Waals surface area contributed by atoms with E-state index in [2.05, 4.69) is 4.84 Å². The average Bonchev–Trinajstić information content (AvgIpc) is 2.81. The van der Waals surface area contributed by atoms with Gasteiger partial charge in [-0.15, -0.1) is 10.1 Å². The zero-order valence-electron chi connectivity index (χ0n) is 10.1. The first-order valence-corrected chi connectivity index (χ1v) is 5.70. The van der Waals surface area contributed by atoms with Gasteiger partial charge in [-0.05, 0) is 6.92 Å². The number of fused-ring (bicyclic) bond motifs is 1. The lowest BCUT2D eigenvalue weighted by molar-refractivity contribution is -0.769. The molecule has 0 bridgehead atoms. The van der Waals surface area contributed by atoms with Crippen molar-refractivity contribution < 1.29 is 33.7 Å². The monoisotopic (exact) mass is 275 g/mol. The van der Waals surface area contributed by atoms with Gasteiger partial charge in [0, 0.05) is 0 Å². The molecule has 0 aliphatic carbocycles. The van der Waals surface area contributed by atoms with E-state index >= 15 is 0 Å². The summed E-state index contributed by atoms with van der Waals surface area (Å²) in [4.78, 5) is 36.8. The van der Waals surface area contributed by atoms with Crippen molar-refractivity contribution in [3.63, 3.8) is 0 Å². The van der Waals surface area contributed by atoms with Gasteiger partial charge in [0.15, 0.2) is 12.2 Å². The number of Topliss-reactive ketones (excluding diaryl/α,β-unsaturated/α-hetero) is 1. The van der Waals surface area contributed by atoms with Crippen LogP contribution in [0.3, 0.4) is 0 Å². The average molecular weight is 275 g/mol. The molecule has 2 fully saturated rings. The summed E-state index contributed by atoms with van der Waals surface area (Å²) in [6, 6.07) is 0. The van der Waals surface area contributed by atoms with Gasteiger partial charge < -0.3 is 19.0 Å². The van der Waals surface area contributed by atoms with Crippen LogP contribution >= 0.6 is 0 Å². The highest BCUT2D eigenvalue weighted by Gasteiger charge is 2.51. The fourth-order valence-corrected chi connectivity index (χ4v) is 2.14. The third kappa shape index (κ3) is 3.18. The molecule has 0 aromatic rings. The van der Waals surface area contributed by atoms with Crippen molar-refractivity contribution in [2.24, 2.45) is 0 Å². The van der Waals surface area contributed by atoms with E-state index < -0.39 is 35.5 Å². The van der Waals surface area contributed by atoms with E-state index in [4.69, 9.17) is 14.2 Å². The predicted molar refractivity (Wildman–Crippen MR) is 56.5 cm³/mol.